The third-order valence-corrected chi connectivity index (χ3v) is 3.38. The van der Waals surface area contributed by atoms with Crippen molar-refractivity contribution in [2.45, 2.75) is 25.7 Å². The summed E-state index contributed by atoms with van der Waals surface area (Å²) in [5.74, 6) is 1.08. The molecule has 0 spiro atoms. The predicted molar refractivity (Wildman–Crippen MR) is 71.4 cm³/mol. The lowest BCUT2D eigenvalue weighted by atomic mass is 9.96. The molecule has 0 bridgehead atoms. The molecule has 0 atom stereocenters. The van der Waals surface area contributed by atoms with Crippen LogP contribution in [0, 0.1) is 5.82 Å². The van der Waals surface area contributed by atoms with E-state index in [2.05, 4.69) is 20.3 Å². The molecule has 2 heterocycles. The maximum atomic E-state index is 12.9. The zero-order valence-corrected chi connectivity index (χ0v) is 10.8. The average Bonchev–Trinajstić information content (AvgIpc) is 2.47. The molecule has 1 aliphatic rings. The number of fused-ring (bicyclic) bond motifs is 1. The number of nitrogens with zero attached hydrogens (tertiary/aromatic N) is 3. The van der Waals surface area contributed by atoms with Gasteiger partial charge in [-0.1, -0.05) is 0 Å². The second-order valence-corrected chi connectivity index (χ2v) is 4.64. The molecule has 0 radical (unpaired) electrons. The van der Waals surface area contributed by atoms with E-state index in [0.29, 0.717) is 11.5 Å². The molecule has 0 unspecified atom stereocenters. The standard InChI is InChI=1S/C14H15FN4/c1-16-13-10-4-2-3-5-11(10)18-14(19-13)12-7-6-9(15)8-17-12/h6-8H,2-5H2,1H3,(H,16,18,19). The van der Waals surface area contributed by atoms with Crippen LogP contribution in [-0.4, -0.2) is 22.0 Å². The van der Waals surface area contributed by atoms with Gasteiger partial charge in [0.25, 0.3) is 0 Å². The Labute approximate surface area is 111 Å². The van der Waals surface area contributed by atoms with E-state index in [1.54, 1.807) is 6.07 Å². The summed E-state index contributed by atoms with van der Waals surface area (Å²) in [5.41, 5.74) is 2.90. The van der Waals surface area contributed by atoms with E-state index in [9.17, 15) is 4.39 Å². The summed E-state index contributed by atoms with van der Waals surface area (Å²) in [6.07, 6.45) is 5.52. The zero-order chi connectivity index (χ0) is 13.2. The molecule has 19 heavy (non-hydrogen) atoms. The summed E-state index contributed by atoms with van der Waals surface area (Å²) in [7, 11) is 1.86. The number of aromatic nitrogens is 3. The molecule has 0 aromatic carbocycles. The van der Waals surface area contributed by atoms with E-state index in [1.807, 2.05) is 7.05 Å². The average molecular weight is 258 g/mol. The van der Waals surface area contributed by atoms with Crippen LogP contribution in [0.4, 0.5) is 10.2 Å². The Morgan fingerprint density at radius 1 is 1.16 bits per heavy atom. The van der Waals surface area contributed by atoms with Gasteiger partial charge in [-0.2, -0.15) is 0 Å². The molecule has 5 heteroatoms. The molecule has 0 saturated carbocycles. The number of aryl methyl sites for hydroxylation is 1. The number of halogens is 1. The van der Waals surface area contributed by atoms with Crippen molar-refractivity contribution in [3.05, 3.63) is 35.4 Å². The van der Waals surface area contributed by atoms with Gasteiger partial charge in [0.1, 0.15) is 17.3 Å². The number of anilines is 1. The van der Waals surface area contributed by atoms with Crippen molar-refractivity contribution >= 4 is 5.82 Å². The van der Waals surface area contributed by atoms with Crippen LogP contribution in [0.3, 0.4) is 0 Å². The lowest BCUT2D eigenvalue weighted by Crippen LogP contribution is -2.12. The summed E-state index contributed by atoms with van der Waals surface area (Å²) in [6.45, 7) is 0. The highest BCUT2D eigenvalue weighted by Gasteiger charge is 2.18. The highest BCUT2D eigenvalue weighted by atomic mass is 19.1. The summed E-state index contributed by atoms with van der Waals surface area (Å²) < 4.78 is 12.9. The molecule has 98 valence electrons. The smallest absolute Gasteiger partial charge is 0.180 e. The molecule has 0 amide bonds. The minimum absolute atomic E-state index is 0.351. The maximum Gasteiger partial charge on any atom is 0.180 e. The van der Waals surface area contributed by atoms with Gasteiger partial charge in [0.15, 0.2) is 5.82 Å². The SMILES string of the molecule is CNc1nc(-c2ccc(F)cn2)nc2c1CCCC2. The fourth-order valence-electron chi connectivity index (χ4n) is 2.42. The summed E-state index contributed by atoms with van der Waals surface area (Å²) in [5, 5.41) is 3.12. The third-order valence-electron chi connectivity index (χ3n) is 3.38. The van der Waals surface area contributed by atoms with Gasteiger partial charge in [-0.05, 0) is 37.8 Å². The molecule has 2 aromatic rings. The van der Waals surface area contributed by atoms with Crippen LogP contribution in [-0.2, 0) is 12.8 Å². The largest absolute Gasteiger partial charge is 0.373 e. The van der Waals surface area contributed by atoms with Gasteiger partial charge in [-0.3, -0.25) is 0 Å². The summed E-state index contributed by atoms with van der Waals surface area (Å²) in [4.78, 5) is 13.1. The highest BCUT2D eigenvalue weighted by molar-refractivity contribution is 5.57. The zero-order valence-electron chi connectivity index (χ0n) is 10.8. The Balaban J connectivity index is 2.09. The van der Waals surface area contributed by atoms with Gasteiger partial charge in [-0.25, -0.2) is 19.3 Å². The molecule has 0 aliphatic heterocycles. The predicted octanol–water partition coefficient (Wildman–Crippen LogP) is 2.60. The minimum Gasteiger partial charge on any atom is -0.373 e. The molecule has 4 nitrogen and oxygen atoms in total. The number of hydrogen-bond donors (Lipinski definition) is 1. The molecule has 0 saturated heterocycles. The first-order valence-electron chi connectivity index (χ1n) is 6.47. The van der Waals surface area contributed by atoms with E-state index < -0.39 is 0 Å². The minimum atomic E-state index is -0.351. The van der Waals surface area contributed by atoms with E-state index in [-0.39, 0.29) is 5.82 Å². The fraction of sp³-hybridized carbons (Fsp3) is 0.357. The molecule has 1 aliphatic carbocycles. The molecule has 1 N–H and O–H groups in total. The van der Waals surface area contributed by atoms with Gasteiger partial charge in [0.05, 0.1) is 6.20 Å². The summed E-state index contributed by atoms with van der Waals surface area (Å²) >= 11 is 0. The topological polar surface area (TPSA) is 50.7 Å². The van der Waals surface area contributed by atoms with Crippen LogP contribution in [0.15, 0.2) is 18.3 Å². The molecule has 0 fully saturated rings. The van der Waals surface area contributed by atoms with Crippen LogP contribution in [0.1, 0.15) is 24.1 Å². The van der Waals surface area contributed by atoms with E-state index in [4.69, 9.17) is 0 Å². The lowest BCUT2D eigenvalue weighted by Gasteiger charge is -2.18. The van der Waals surface area contributed by atoms with Crippen molar-refractivity contribution in [2.75, 3.05) is 12.4 Å². The number of nitrogens with one attached hydrogen (secondary N) is 1. The Hall–Kier alpha value is -2.04. The lowest BCUT2D eigenvalue weighted by molar-refractivity contribution is 0.621. The Morgan fingerprint density at radius 3 is 2.74 bits per heavy atom. The van der Waals surface area contributed by atoms with Crippen LogP contribution < -0.4 is 5.32 Å². The van der Waals surface area contributed by atoms with E-state index in [0.717, 1.165) is 30.8 Å². The molecule has 3 rings (SSSR count). The number of hydrogen-bond acceptors (Lipinski definition) is 4. The highest BCUT2D eigenvalue weighted by Crippen LogP contribution is 2.27. The second kappa shape index (κ2) is 4.91. The van der Waals surface area contributed by atoms with E-state index in [1.165, 1.54) is 24.2 Å². The molecular weight excluding hydrogens is 243 g/mol. The Kier molecular flexibility index (Phi) is 3.11. The van der Waals surface area contributed by atoms with E-state index >= 15 is 0 Å². The van der Waals surface area contributed by atoms with Crippen molar-refractivity contribution in [1.82, 2.24) is 15.0 Å². The Bertz CT molecular complexity index is 578. The van der Waals surface area contributed by atoms with Crippen molar-refractivity contribution in [1.29, 1.82) is 0 Å². The van der Waals surface area contributed by atoms with Crippen molar-refractivity contribution in [3.63, 3.8) is 0 Å². The van der Waals surface area contributed by atoms with Crippen molar-refractivity contribution < 1.29 is 4.39 Å². The van der Waals surface area contributed by atoms with Gasteiger partial charge >= 0.3 is 0 Å². The van der Waals surface area contributed by atoms with Crippen LogP contribution in [0.25, 0.3) is 11.5 Å². The van der Waals surface area contributed by atoms with Gasteiger partial charge in [-0.15, -0.1) is 0 Å². The maximum absolute atomic E-state index is 12.9. The van der Waals surface area contributed by atoms with Crippen LogP contribution in [0.5, 0.6) is 0 Å². The normalized spacial score (nSPS) is 14.0. The summed E-state index contributed by atoms with van der Waals surface area (Å²) in [6, 6.07) is 2.99. The molecule has 2 aromatic heterocycles. The first-order chi connectivity index (χ1) is 9.28. The first-order valence-corrected chi connectivity index (χ1v) is 6.47. The fourth-order valence-corrected chi connectivity index (χ4v) is 2.42. The second-order valence-electron chi connectivity index (χ2n) is 4.64. The monoisotopic (exact) mass is 258 g/mol. The van der Waals surface area contributed by atoms with Crippen LogP contribution >= 0.6 is 0 Å². The van der Waals surface area contributed by atoms with Crippen LogP contribution in [0.2, 0.25) is 0 Å². The third kappa shape index (κ3) is 2.28. The quantitative estimate of drug-likeness (QED) is 0.899. The van der Waals surface area contributed by atoms with Crippen molar-refractivity contribution in [3.8, 4) is 11.5 Å². The first kappa shape index (κ1) is 12.0. The van der Waals surface area contributed by atoms with Crippen molar-refractivity contribution in [2.24, 2.45) is 0 Å². The molecular formula is C14H15FN4. The van der Waals surface area contributed by atoms with Gasteiger partial charge in [0, 0.05) is 18.3 Å². The van der Waals surface area contributed by atoms with Gasteiger partial charge < -0.3 is 5.32 Å². The van der Waals surface area contributed by atoms with Gasteiger partial charge in [0.2, 0.25) is 0 Å². The Morgan fingerprint density at radius 2 is 2.00 bits per heavy atom. The number of pyridine rings is 1. The number of rotatable bonds is 2.